The molecule has 1 heterocycles. The van der Waals surface area contributed by atoms with Gasteiger partial charge in [-0.05, 0) is 31.9 Å². The number of rotatable bonds is 6. The first-order valence-corrected chi connectivity index (χ1v) is 8.13. The first kappa shape index (κ1) is 20.0. The lowest BCUT2D eigenvalue weighted by molar-refractivity contribution is -0.152. The first-order chi connectivity index (χ1) is 12.2. The second kappa shape index (κ2) is 8.39. The second-order valence-corrected chi connectivity index (χ2v) is 5.96. The minimum absolute atomic E-state index is 0.351. The largest absolute Gasteiger partial charge is 0.480 e. The van der Waals surface area contributed by atoms with E-state index in [0.717, 1.165) is 17.0 Å². The molecule has 1 saturated heterocycles. The fraction of sp³-hybridized carbons (Fsp3) is 0.529. The van der Waals surface area contributed by atoms with Crippen LogP contribution in [0.25, 0.3) is 0 Å². The Morgan fingerprint density at radius 2 is 1.92 bits per heavy atom. The van der Waals surface area contributed by atoms with Crippen molar-refractivity contribution in [2.24, 2.45) is 0 Å². The number of carbonyl (C=O) groups excluding carboxylic acids is 1. The quantitative estimate of drug-likeness (QED) is 0.827. The van der Waals surface area contributed by atoms with Crippen molar-refractivity contribution in [2.45, 2.75) is 38.1 Å². The molecule has 2 rings (SSSR count). The maximum Gasteiger partial charge on any atom is 0.419 e. The van der Waals surface area contributed by atoms with E-state index in [9.17, 15) is 22.8 Å². The van der Waals surface area contributed by atoms with Gasteiger partial charge in [0.05, 0.1) is 5.56 Å². The Balaban J connectivity index is 2.17. The van der Waals surface area contributed by atoms with E-state index in [4.69, 9.17) is 14.6 Å². The van der Waals surface area contributed by atoms with Crippen molar-refractivity contribution in [3.63, 3.8) is 0 Å². The zero-order valence-corrected chi connectivity index (χ0v) is 14.2. The molecule has 0 bridgehead atoms. The van der Waals surface area contributed by atoms with Gasteiger partial charge in [-0.2, -0.15) is 13.2 Å². The zero-order valence-electron chi connectivity index (χ0n) is 14.2. The summed E-state index contributed by atoms with van der Waals surface area (Å²) in [4.78, 5) is 24.9. The van der Waals surface area contributed by atoms with Gasteiger partial charge in [0.25, 0.3) is 5.91 Å². The molecule has 1 N–H and O–H groups in total. The number of amides is 1. The van der Waals surface area contributed by atoms with Crippen LogP contribution >= 0.6 is 0 Å². The summed E-state index contributed by atoms with van der Waals surface area (Å²) < 4.78 is 49.6. The van der Waals surface area contributed by atoms with E-state index in [1.165, 1.54) is 19.1 Å². The number of hydrogen-bond donors (Lipinski definition) is 1. The van der Waals surface area contributed by atoms with Crippen molar-refractivity contribution >= 4 is 11.9 Å². The smallest absolute Gasteiger partial charge is 0.419 e. The van der Waals surface area contributed by atoms with Crippen molar-refractivity contribution in [1.29, 1.82) is 0 Å². The van der Waals surface area contributed by atoms with Crippen LogP contribution in [-0.4, -0.2) is 53.8 Å². The maximum atomic E-state index is 13.1. The number of para-hydroxylation sites is 1. The molecule has 6 nitrogen and oxygen atoms in total. The number of alkyl halides is 3. The van der Waals surface area contributed by atoms with Crippen LogP contribution < -0.4 is 4.74 Å². The number of halogens is 3. The lowest BCUT2D eigenvalue weighted by Crippen LogP contribution is -2.50. The van der Waals surface area contributed by atoms with Crippen LogP contribution in [0, 0.1) is 0 Å². The van der Waals surface area contributed by atoms with E-state index in [-0.39, 0.29) is 6.04 Å². The molecule has 0 radical (unpaired) electrons. The average molecular weight is 375 g/mol. The molecular formula is C17H20F3NO5. The van der Waals surface area contributed by atoms with Gasteiger partial charge in [-0.1, -0.05) is 12.1 Å². The predicted octanol–water partition coefficient (Wildman–Crippen LogP) is 2.56. The number of hydrogen-bond acceptors (Lipinski definition) is 4. The van der Waals surface area contributed by atoms with Crippen molar-refractivity contribution in [3.05, 3.63) is 29.8 Å². The van der Waals surface area contributed by atoms with Crippen molar-refractivity contribution in [2.75, 3.05) is 19.8 Å². The summed E-state index contributed by atoms with van der Waals surface area (Å²) in [5, 5.41) is 9.07. The molecule has 1 aromatic rings. The van der Waals surface area contributed by atoms with E-state index >= 15 is 0 Å². The van der Waals surface area contributed by atoms with E-state index in [1.54, 1.807) is 0 Å². The Bertz CT molecular complexity index is 644. The van der Waals surface area contributed by atoms with Crippen molar-refractivity contribution < 1.29 is 37.3 Å². The van der Waals surface area contributed by atoms with Crippen LogP contribution in [0.4, 0.5) is 13.2 Å². The molecule has 1 unspecified atom stereocenters. The molecule has 9 heteroatoms. The van der Waals surface area contributed by atoms with Crippen LogP contribution in [0.1, 0.15) is 25.3 Å². The third kappa shape index (κ3) is 5.10. The van der Waals surface area contributed by atoms with E-state index in [1.807, 2.05) is 0 Å². The molecule has 26 heavy (non-hydrogen) atoms. The van der Waals surface area contributed by atoms with Crippen LogP contribution in [0.2, 0.25) is 0 Å². The molecule has 144 valence electrons. The Hall–Kier alpha value is -2.29. The minimum Gasteiger partial charge on any atom is -0.480 e. The highest BCUT2D eigenvalue weighted by Gasteiger charge is 2.36. The molecule has 0 aromatic heterocycles. The van der Waals surface area contributed by atoms with E-state index < -0.39 is 42.0 Å². The Labute approximate surface area is 148 Å². The molecule has 1 aliphatic rings. The predicted molar refractivity (Wildman–Crippen MR) is 84.7 cm³/mol. The molecule has 1 aromatic carbocycles. The van der Waals surface area contributed by atoms with Crippen LogP contribution in [0.3, 0.4) is 0 Å². The maximum absolute atomic E-state index is 13.1. The van der Waals surface area contributed by atoms with Gasteiger partial charge in [0.1, 0.15) is 12.3 Å². The zero-order chi connectivity index (χ0) is 19.3. The van der Waals surface area contributed by atoms with Crippen molar-refractivity contribution in [1.82, 2.24) is 4.90 Å². The third-order valence-corrected chi connectivity index (χ3v) is 4.06. The number of benzene rings is 1. The Morgan fingerprint density at radius 1 is 1.31 bits per heavy atom. The summed E-state index contributed by atoms with van der Waals surface area (Å²) in [5.74, 6) is -2.34. The molecule has 1 amide bonds. The number of carboxylic acid groups (broad SMARTS) is 1. The van der Waals surface area contributed by atoms with Gasteiger partial charge in [0, 0.05) is 19.3 Å². The highest BCUT2D eigenvalue weighted by molar-refractivity contribution is 5.85. The van der Waals surface area contributed by atoms with Gasteiger partial charge in [0.2, 0.25) is 0 Å². The number of carbonyl (C=O) groups is 2. The number of ether oxygens (including phenoxy) is 2. The fourth-order valence-corrected chi connectivity index (χ4v) is 2.81. The Kier molecular flexibility index (Phi) is 6.47. The van der Waals surface area contributed by atoms with E-state index in [0.29, 0.717) is 26.1 Å². The first-order valence-electron chi connectivity index (χ1n) is 8.13. The van der Waals surface area contributed by atoms with Gasteiger partial charge in [-0.3, -0.25) is 9.59 Å². The highest BCUT2D eigenvalue weighted by Crippen LogP contribution is 2.36. The topological polar surface area (TPSA) is 76.1 Å². The fourth-order valence-electron chi connectivity index (χ4n) is 2.81. The SMILES string of the molecule is CC(Oc1ccccc1C(F)(F)F)C(=O)N(CC(=O)O)C1CCOCC1. The lowest BCUT2D eigenvalue weighted by Gasteiger charge is -2.34. The van der Waals surface area contributed by atoms with Crippen molar-refractivity contribution in [3.8, 4) is 5.75 Å². The molecule has 0 aliphatic carbocycles. The molecule has 0 spiro atoms. The highest BCUT2D eigenvalue weighted by atomic mass is 19.4. The minimum atomic E-state index is -4.62. The molecule has 1 aliphatic heterocycles. The standard InChI is InChI=1S/C17H20F3NO5/c1-11(26-14-5-3-2-4-13(14)17(18,19)20)16(24)21(10-15(22)23)12-6-8-25-9-7-12/h2-5,11-12H,6-10H2,1H3,(H,22,23). The summed E-state index contributed by atoms with van der Waals surface area (Å²) in [6.07, 6.45) is -4.96. The van der Waals surface area contributed by atoms with Gasteiger partial charge < -0.3 is 19.5 Å². The van der Waals surface area contributed by atoms with Gasteiger partial charge >= 0.3 is 12.1 Å². The monoisotopic (exact) mass is 375 g/mol. The summed E-state index contributed by atoms with van der Waals surface area (Å²) in [7, 11) is 0. The normalized spacial score (nSPS) is 16.8. The van der Waals surface area contributed by atoms with E-state index in [2.05, 4.69) is 0 Å². The van der Waals surface area contributed by atoms with Gasteiger partial charge in [-0.15, -0.1) is 0 Å². The summed E-state index contributed by atoms with van der Waals surface area (Å²) in [6.45, 7) is 1.54. The summed E-state index contributed by atoms with van der Waals surface area (Å²) in [6, 6.07) is 4.23. The second-order valence-electron chi connectivity index (χ2n) is 5.96. The third-order valence-electron chi connectivity index (χ3n) is 4.06. The Morgan fingerprint density at radius 3 is 2.50 bits per heavy atom. The van der Waals surface area contributed by atoms with Crippen LogP contribution in [-0.2, 0) is 20.5 Å². The summed E-state index contributed by atoms with van der Waals surface area (Å²) >= 11 is 0. The number of nitrogens with zero attached hydrogens (tertiary/aromatic N) is 1. The van der Waals surface area contributed by atoms with Crippen LogP contribution in [0.15, 0.2) is 24.3 Å². The molecule has 0 saturated carbocycles. The number of aliphatic carboxylic acids is 1. The van der Waals surface area contributed by atoms with Crippen LogP contribution in [0.5, 0.6) is 5.75 Å². The number of carboxylic acids is 1. The average Bonchev–Trinajstić information content (AvgIpc) is 2.59. The molecule has 1 fully saturated rings. The lowest BCUT2D eigenvalue weighted by atomic mass is 10.1. The summed E-state index contributed by atoms with van der Waals surface area (Å²) in [5.41, 5.74) is -0.990. The van der Waals surface area contributed by atoms with Gasteiger partial charge in [-0.25, -0.2) is 0 Å². The van der Waals surface area contributed by atoms with Gasteiger partial charge in [0.15, 0.2) is 6.10 Å². The molecule has 1 atom stereocenters. The molecular weight excluding hydrogens is 355 g/mol.